The van der Waals surface area contributed by atoms with Crippen LogP contribution in [-0.2, 0) is 23.8 Å². The van der Waals surface area contributed by atoms with Crippen LogP contribution in [0.5, 0.6) is 0 Å². The van der Waals surface area contributed by atoms with Gasteiger partial charge in [0.2, 0.25) is 0 Å². The van der Waals surface area contributed by atoms with Crippen LogP contribution in [0, 0.1) is 46.3 Å². The van der Waals surface area contributed by atoms with Crippen LogP contribution < -0.4 is 16.8 Å². The normalized spacial score (nSPS) is 34.2. The number of nitrogens with two attached hydrogens (primary N) is 2. The molecule has 4 saturated carbocycles. The largest absolute Gasteiger partial charge is 0.462 e. The topological polar surface area (TPSA) is 126 Å². The molecule has 0 aromatic carbocycles. The van der Waals surface area contributed by atoms with E-state index in [0.717, 1.165) is 70.9 Å². The second kappa shape index (κ2) is 22.5. The lowest BCUT2D eigenvalue weighted by Crippen LogP contribution is -2.63. The maximum absolute atomic E-state index is 13.3. The van der Waals surface area contributed by atoms with Crippen molar-refractivity contribution in [2.24, 2.45) is 57.8 Å². The van der Waals surface area contributed by atoms with Gasteiger partial charge in [0.15, 0.2) is 0 Å². The molecular weight excluding hydrogens is 663 g/mol. The lowest BCUT2D eigenvalue weighted by molar-refractivity contribution is -0.226. The number of ether oxygens (including phenoxy) is 3. The molecule has 8 nitrogen and oxygen atoms in total. The summed E-state index contributed by atoms with van der Waals surface area (Å²) in [7, 11) is 0. The molecule has 11 atom stereocenters. The summed E-state index contributed by atoms with van der Waals surface area (Å²) >= 11 is 0. The van der Waals surface area contributed by atoms with Gasteiger partial charge in [0.1, 0.15) is 12.2 Å². The summed E-state index contributed by atoms with van der Waals surface area (Å²) < 4.78 is 19.5. The first-order chi connectivity index (χ1) is 25.6. The smallest absolute Gasteiger partial charge is 0.307 e. The minimum Gasteiger partial charge on any atom is -0.462 e. The van der Waals surface area contributed by atoms with Crippen molar-refractivity contribution >= 4 is 11.9 Å². The number of unbranched alkanes of at least 4 members (excludes halogenated alkanes) is 8. The van der Waals surface area contributed by atoms with Crippen LogP contribution in [-0.4, -0.2) is 63.0 Å². The van der Waals surface area contributed by atoms with Crippen molar-refractivity contribution in [3.63, 3.8) is 0 Å². The Hall–Kier alpha value is -1.22. The Kier molecular flexibility index (Phi) is 18.9. The quantitative estimate of drug-likeness (QED) is 0.0624. The third-order valence-electron chi connectivity index (χ3n) is 15.0. The summed E-state index contributed by atoms with van der Waals surface area (Å²) in [5.74, 6) is 2.16. The average molecular weight is 746 g/mol. The minimum atomic E-state index is -0.157. The Bertz CT molecular complexity index is 1070. The lowest BCUT2D eigenvalue weighted by atomic mass is 9.43. The van der Waals surface area contributed by atoms with Gasteiger partial charge in [-0.25, -0.2) is 0 Å². The van der Waals surface area contributed by atoms with Gasteiger partial charge >= 0.3 is 11.9 Å². The third-order valence-corrected chi connectivity index (χ3v) is 15.0. The number of esters is 2. The second-order valence-corrected chi connectivity index (χ2v) is 18.4. The van der Waals surface area contributed by atoms with Gasteiger partial charge in [0.05, 0.1) is 12.5 Å². The maximum Gasteiger partial charge on any atom is 0.307 e. The van der Waals surface area contributed by atoms with Gasteiger partial charge in [-0.1, -0.05) is 86.0 Å². The number of nitrogens with one attached hydrogen (secondary N) is 1. The highest BCUT2D eigenvalue weighted by Crippen LogP contribution is 2.69. The number of hydrogen-bond donors (Lipinski definition) is 3. The number of carbonyl (C=O) groups excluding carboxylic acids is 2. The van der Waals surface area contributed by atoms with E-state index in [1.54, 1.807) is 0 Å². The summed E-state index contributed by atoms with van der Waals surface area (Å²) in [5, 5.41) is 3.74. The molecule has 4 aliphatic carbocycles. The Morgan fingerprint density at radius 2 is 1.45 bits per heavy atom. The molecule has 0 saturated heterocycles. The third kappa shape index (κ3) is 11.7. The summed E-state index contributed by atoms with van der Waals surface area (Å²) in [6, 6.07) is 0. The highest BCUT2D eigenvalue weighted by atomic mass is 16.5. The lowest BCUT2D eigenvalue weighted by Gasteiger charge is -2.64. The van der Waals surface area contributed by atoms with Crippen LogP contribution in [0.2, 0.25) is 0 Å². The van der Waals surface area contributed by atoms with Crippen molar-refractivity contribution in [2.45, 2.75) is 194 Å². The highest BCUT2D eigenvalue weighted by molar-refractivity contribution is 5.70. The first-order valence-electron chi connectivity index (χ1n) is 22.7. The standard InChI is InChI=1S/C45H83N3O5/c1-6-8-9-10-11-12-13-14-15-27-48-28-16-19-33(3)36-20-21-37-43-38(32-40(45(36,37)5)53-42(50)23-26-47)44(4)24-22-35(51-29-17-25-46)30-34(44)31-39(43)52-41(49)18-7-2/h33-40,43,48H,6-32,46-47H2,1-5H3/t33-,34+,35-,36-,37+,38+,39-,40+,43+,44+,45-/m1/s1. The van der Waals surface area contributed by atoms with Crippen LogP contribution >= 0.6 is 0 Å². The maximum atomic E-state index is 13.3. The summed E-state index contributed by atoms with van der Waals surface area (Å²) in [5.41, 5.74) is 11.6. The Balaban J connectivity index is 1.44. The molecule has 4 aliphatic rings. The number of carbonyl (C=O) groups is 2. The van der Waals surface area contributed by atoms with Crippen LogP contribution in [0.1, 0.15) is 176 Å². The van der Waals surface area contributed by atoms with E-state index >= 15 is 0 Å². The Labute approximate surface area is 325 Å². The molecule has 0 aromatic rings. The van der Waals surface area contributed by atoms with Crippen molar-refractivity contribution in [2.75, 3.05) is 32.8 Å². The van der Waals surface area contributed by atoms with Gasteiger partial charge in [-0.05, 0) is 132 Å². The van der Waals surface area contributed by atoms with E-state index < -0.39 is 0 Å². The monoisotopic (exact) mass is 746 g/mol. The van der Waals surface area contributed by atoms with Crippen LogP contribution in [0.4, 0.5) is 0 Å². The predicted octanol–water partition coefficient (Wildman–Crippen LogP) is 9.11. The second-order valence-electron chi connectivity index (χ2n) is 18.4. The van der Waals surface area contributed by atoms with Gasteiger partial charge in [-0.15, -0.1) is 0 Å². The van der Waals surface area contributed by atoms with Crippen LogP contribution in [0.15, 0.2) is 0 Å². The molecule has 0 bridgehead atoms. The van der Waals surface area contributed by atoms with Gasteiger partial charge in [0, 0.05) is 30.9 Å². The van der Waals surface area contributed by atoms with E-state index in [9.17, 15) is 9.59 Å². The molecule has 0 radical (unpaired) electrons. The fourth-order valence-corrected chi connectivity index (χ4v) is 12.0. The molecule has 4 fully saturated rings. The molecule has 4 rings (SSSR count). The molecule has 0 amide bonds. The van der Waals surface area contributed by atoms with Crippen molar-refractivity contribution in [1.29, 1.82) is 0 Å². The van der Waals surface area contributed by atoms with Gasteiger partial charge in [0.25, 0.3) is 0 Å². The Morgan fingerprint density at radius 1 is 0.755 bits per heavy atom. The predicted molar refractivity (Wildman–Crippen MR) is 216 cm³/mol. The summed E-state index contributed by atoms with van der Waals surface area (Å²) in [4.78, 5) is 26.5. The summed E-state index contributed by atoms with van der Waals surface area (Å²) in [6.07, 6.45) is 24.2. The molecular formula is C45H83N3O5. The van der Waals surface area contributed by atoms with E-state index in [0.29, 0.717) is 55.7 Å². The SMILES string of the molecule is CCCCCCCCCCCNCCC[C@@H](C)[C@H]1CC[C@H]2[C@@H]3[C@H](OC(=O)CCC)C[C@@H]4C[C@H](OCCCN)CC[C@]4(C)[C@H]3C[C@H](OC(=O)CCN)[C@]12C. The van der Waals surface area contributed by atoms with Crippen LogP contribution in [0.25, 0.3) is 0 Å². The fourth-order valence-electron chi connectivity index (χ4n) is 12.0. The van der Waals surface area contributed by atoms with Gasteiger partial charge < -0.3 is 31.0 Å². The first kappa shape index (κ1) is 44.5. The molecule has 308 valence electrons. The van der Waals surface area contributed by atoms with Crippen molar-refractivity contribution in [3.8, 4) is 0 Å². The van der Waals surface area contributed by atoms with E-state index in [1.165, 1.54) is 70.6 Å². The van der Waals surface area contributed by atoms with Crippen molar-refractivity contribution in [1.82, 2.24) is 5.32 Å². The molecule has 8 heteroatoms. The summed E-state index contributed by atoms with van der Waals surface area (Å²) in [6.45, 7) is 15.6. The zero-order valence-corrected chi connectivity index (χ0v) is 35.0. The van der Waals surface area contributed by atoms with E-state index in [2.05, 4.69) is 39.9 Å². The number of fused-ring (bicyclic) bond motifs is 5. The Morgan fingerprint density at radius 3 is 2.15 bits per heavy atom. The molecule has 53 heavy (non-hydrogen) atoms. The molecule has 0 aliphatic heterocycles. The molecule has 0 aromatic heterocycles. The average Bonchev–Trinajstić information content (AvgIpc) is 3.49. The zero-order chi connectivity index (χ0) is 38.3. The van der Waals surface area contributed by atoms with E-state index in [1.807, 2.05) is 0 Å². The minimum absolute atomic E-state index is 0.0533. The van der Waals surface area contributed by atoms with Crippen LogP contribution in [0.3, 0.4) is 0 Å². The van der Waals surface area contributed by atoms with Gasteiger partial charge in [-0.2, -0.15) is 0 Å². The van der Waals surface area contributed by atoms with Crippen molar-refractivity contribution in [3.05, 3.63) is 0 Å². The number of hydrogen-bond acceptors (Lipinski definition) is 8. The molecule has 0 heterocycles. The van der Waals surface area contributed by atoms with Gasteiger partial charge in [-0.3, -0.25) is 9.59 Å². The van der Waals surface area contributed by atoms with E-state index in [4.69, 9.17) is 25.7 Å². The first-order valence-corrected chi connectivity index (χ1v) is 22.7. The molecule has 0 unspecified atom stereocenters. The highest BCUT2D eigenvalue weighted by Gasteiger charge is 2.67. The van der Waals surface area contributed by atoms with E-state index in [-0.39, 0.29) is 53.4 Å². The molecule has 0 spiro atoms. The molecule has 5 N–H and O–H groups in total. The fraction of sp³-hybridized carbons (Fsp3) is 0.956. The number of rotatable bonds is 25. The zero-order valence-electron chi connectivity index (χ0n) is 35.0. The van der Waals surface area contributed by atoms with Crippen molar-refractivity contribution < 1.29 is 23.8 Å².